The lowest BCUT2D eigenvalue weighted by Crippen LogP contribution is -2.39. The minimum atomic E-state index is -0.0278. The maximum Gasteiger partial charge on any atom is 0.253 e. The Kier molecular flexibility index (Phi) is 4.74. The number of aromatic nitrogens is 1. The van der Waals surface area contributed by atoms with Gasteiger partial charge in [0.05, 0.1) is 17.4 Å². The number of nitrogens with zero attached hydrogens (tertiary/aromatic N) is 2. The van der Waals surface area contributed by atoms with Gasteiger partial charge in [-0.25, -0.2) is 0 Å². The number of piperidine rings is 1. The Balaban J connectivity index is 1.90. The molecule has 0 saturated carbocycles. The molecule has 104 valence electrons. The summed E-state index contributed by atoms with van der Waals surface area (Å²) in [7, 11) is 3.93. The van der Waals surface area contributed by atoms with Crippen molar-refractivity contribution in [2.75, 3.05) is 39.0 Å². The van der Waals surface area contributed by atoms with Gasteiger partial charge in [-0.15, -0.1) is 0 Å². The zero-order chi connectivity index (χ0) is 13.7. The number of likely N-dealkylation sites (tertiary alicyclic amines) is 1. The summed E-state index contributed by atoms with van der Waals surface area (Å²) in [6, 6.07) is 1.74. The lowest BCUT2D eigenvalue weighted by molar-refractivity contribution is 0.0937. The van der Waals surface area contributed by atoms with Gasteiger partial charge >= 0.3 is 0 Å². The van der Waals surface area contributed by atoms with Gasteiger partial charge in [0.2, 0.25) is 0 Å². The first kappa shape index (κ1) is 13.8. The van der Waals surface area contributed by atoms with Gasteiger partial charge in [-0.3, -0.25) is 9.78 Å². The highest BCUT2D eigenvalue weighted by Crippen LogP contribution is 2.15. The number of hydrogen-bond acceptors (Lipinski definition) is 4. The van der Waals surface area contributed by atoms with Crippen LogP contribution in [-0.4, -0.2) is 49.5 Å². The Morgan fingerprint density at radius 3 is 3.16 bits per heavy atom. The van der Waals surface area contributed by atoms with E-state index >= 15 is 0 Å². The average molecular weight is 262 g/mol. The summed E-state index contributed by atoms with van der Waals surface area (Å²) < 4.78 is 0. The van der Waals surface area contributed by atoms with Crippen LogP contribution in [0.5, 0.6) is 0 Å². The Morgan fingerprint density at radius 2 is 2.42 bits per heavy atom. The second kappa shape index (κ2) is 6.52. The maximum atomic E-state index is 12.2. The van der Waals surface area contributed by atoms with Gasteiger partial charge in [-0.2, -0.15) is 0 Å². The van der Waals surface area contributed by atoms with E-state index in [1.807, 2.05) is 0 Å². The van der Waals surface area contributed by atoms with Gasteiger partial charge in [0.15, 0.2) is 0 Å². The first-order valence-electron chi connectivity index (χ1n) is 6.79. The van der Waals surface area contributed by atoms with Crippen molar-refractivity contribution in [3.8, 4) is 0 Å². The van der Waals surface area contributed by atoms with Gasteiger partial charge in [-0.05, 0) is 38.4 Å². The number of rotatable bonds is 4. The van der Waals surface area contributed by atoms with Crippen molar-refractivity contribution < 1.29 is 4.79 Å². The van der Waals surface area contributed by atoms with Crippen LogP contribution in [0.25, 0.3) is 0 Å². The molecule has 1 amide bonds. The third kappa shape index (κ3) is 3.67. The molecule has 5 nitrogen and oxygen atoms in total. The van der Waals surface area contributed by atoms with Gasteiger partial charge in [0, 0.05) is 26.3 Å². The third-order valence-electron chi connectivity index (χ3n) is 3.61. The molecule has 5 heteroatoms. The predicted molar refractivity (Wildman–Crippen MR) is 76.3 cm³/mol. The van der Waals surface area contributed by atoms with Crippen LogP contribution in [0.3, 0.4) is 0 Å². The molecular formula is C14H22N4O. The number of carbonyl (C=O) groups excluding carboxylic acids is 1. The summed E-state index contributed by atoms with van der Waals surface area (Å²) in [6.45, 7) is 2.98. The van der Waals surface area contributed by atoms with Crippen molar-refractivity contribution in [2.24, 2.45) is 5.92 Å². The van der Waals surface area contributed by atoms with E-state index < -0.39 is 0 Å². The van der Waals surface area contributed by atoms with Crippen molar-refractivity contribution >= 4 is 11.6 Å². The molecule has 1 saturated heterocycles. The van der Waals surface area contributed by atoms with Crippen LogP contribution in [0.4, 0.5) is 5.69 Å². The Bertz CT molecular complexity index is 435. The van der Waals surface area contributed by atoms with Crippen molar-refractivity contribution in [1.29, 1.82) is 0 Å². The van der Waals surface area contributed by atoms with Crippen LogP contribution in [0.2, 0.25) is 0 Å². The average Bonchev–Trinajstić information content (AvgIpc) is 2.45. The van der Waals surface area contributed by atoms with Crippen LogP contribution >= 0.6 is 0 Å². The van der Waals surface area contributed by atoms with Gasteiger partial charge in [-0.1, -0.05) is 0 Å². The highest BCUT2D eigenvalue weighted by Gasteiger charge is 2.18. The fourth-order valence-corrected chi connectivity index (χ4v) is 2.56. The number of nitrogens with one attached hydrogen (secondary N) is 2. The van der Waals surface area contributed by atoms with Gasteiger partial charge in [0.25, 0.3) is 5.91 Å². The number of pyridine rings is 1. The second-order valence-corrected chi connectivity index (χ2v) is 5.15. The molecule has 2 rings (SSSR count). The smallest absolute Gasteiger partial charge is 0.253 e. The zero-order valence-corrected chi connectivity index (χ0v) is 11.6. The molecule has 2 N–H and O–H groups in total. The minimum absolute atomic E-state index is 0.0278. The molecule has 0 bridgehead atoms. The molecule has 0 aliphatic carbocycles. The Morgan fingerprint density at radius 1 is 1.58 bits per heavy atom. The van der Waals surface area contributed by atoms with Crippen LogP contribution in [0.15, 0.2) is 18.5 Å². The van der Waals surface area contributed by atoms with E-state index in [1.165, 1.54) is 19.4 Å². The molecular weight excluding hydrogens is 240 g/mol. The molecule has 1 aromatic rings. The van der Waals surface area contributed by atoms with E-state index in [4.69, 9.17) is 0 Å². The highest BCUT2D eigenvalue weighted by molar-refractivity contribution is 5.99. The van der Waals surface area contributed by atoms with Gasteiger partial charge < -0.3 is 15.5 Å². The number of carbonyl (C=O) groups is 1. The Labute approximate surface area is 114 Å². The highest BCUT2D eigenvalue weighted by atomic mass is 16.1. The molecule has 2 heterocycles. The third-order valence-corrected chi connectivity index (χ3v) is 3.61. The summed E-state index contributed by atoms with van der Waals surface area (Å²) in [5.41, 5.74) is 1.42. The van der Waals surface area contributed by atoms with E-state index in [1.54, 1.807) is 25.5 Å². The zero-order valence-electron chi connectivity index (χ0n) is 11.6. The number of anilines is 1. The SMILES string of the molecule is CNc1cnccc1C(=O)NCC1CCCN(C)C1. The molecule has 0 radical (unpaired) electrons. The molecule has 0 spiro atoms. The molecule has 1 aliphatic heterocycles. The fourth-order valence-electron chi connectivity index (χ4n) is 2.56. The first-order valence-corrected chi connectivity index (χ1v) is 6.79. The van der Waals surface area contributed by atoms with Crippen molar-refractivity contribution in [3.63, 3.8) is 0 Å². The fraction of sp³-hybridized carbons (Fsp3) is 0.571. The van der Waals surface area contributed by atoms with Crippen LogP contribution in [0.1, 0.15) is 23.2 Å². The van der Waals surface area contributed by atoms with Crippen molar-refractivity contribution in [1.82, 2.24) is 15.2 Å². The lowest BCUT2D eigenvalue weighted by Gasteiger charge is -2.29. The monoisotopic (exact) mass is 262 g/mol. The molecule has 1 atom stereocenters. The number of amides is 1. The van der Waals surface area contributed by atoms with Gasteiger partial charge in [0.1, 0.15) is 0 Å². The van der Waals surface area contributed by atoms with Crippen LogP contribution in [0, 0.1) is 5.92 Å². The summed E-state index contributed by atoms with van der Waals surface area (Å²) in [5, 5.41) is 6.02. The molecule has 1 unspecified atom stereocenters. The normalized spacial score (nSPS) is 20.0. The van der Waals surface area contributed by atoms with E-state index in [0.29, 0.717) is 11.5 Å². The van der Waals surface area contributed by atoms with E-state index in [2.05, 4.69) is 27.6 Å². The Hall–Kier alpha value is -1.62. The lowest BCUT2D eigenvalue weighted by atomic mass is 9.98. The van der Waals surface area contributed by atoms with Crippen molar-refractivity contribution in [2.45, 2.75) is 12.8 Å². The minimum Gasteiger partial charge on any atom is -0.386 e. The summed E-state index contributed by atoms with van der Waals surface area (Å²) in [5.74, 6) is 0.530. The summed E-state index contributed by atoms with van der Waals surface area (Å²) >= 11 is 0. The van der Waals surface area contributed by atoms with E-state index in [0.717, 1.165) is 18.8 Å². The summed E-state index contributed by atoms with van der Waals surface area (Å²) in [4.78, 5) is 18.5. The first-order chi connectivity index (χ1) is 9.20. The molecule has 1 fully saturated rings. The molecule has 1 aliphatic rings. The molecule has 19 heavy (non-hydrogen) atoms. The van der Waals surface area contributed by atoms with Crippen molar-refractivity contribution in [3.05, 3.63) is 24.0 Å². The van der Waals surface area contributed by atoms with E-state index in [9.17, 15) is 4.79 Å². The molecule has 0 aromatic carbocycles. The summed E-state index contributed by atoms with van der Waals surface area (Å²) in [6.07, 6.45) is 5.72. The molecule has 1 aromatic heterocycles. The standard InChI is InChI=1S/C14H22N4O/c1-15-13-9-16-6-5-12(13)14(19)17-8-11-4-3-7-18(2)10-11/h5-6,9,11,15H,3-4,7-8,10H2,1-2H3,(H,17,19). The van der Waals surface area contributed by atoms with Crippen LogP contribution in [-0.2, 0) is 0 Å². The predicted octanol–water partition coefficient (Wildman–Crippen LogP) is 1.19. The second-order valence-electron chi connectivity index (χ2n) is 5.15. The van der Waals surface area contributed by atoms with Crippen LogP contribution < -0.4 is 10.6 Å². The topological polar surface area (TPSA) is 57.3 Å². The maximum absolute atomic E-state index is 12.2. The van der Waals surface area contributed by atoms with E-state index in [-0.39, 0.29) is 5.91 Å². The largest absolute Gasteiger partial charge is 0.386 e. The number of hydrogen-bond donors (Lipinski definition) is 2. The quantitative estimate of drug-likeness (QED) is 0.856.